The molecular weight excluding hydrogens is 240 g/mol. The summed E-state index contributed by atoms with van der Waals surface area (Å²) >= 11 is 0. The summed E-state index contributed by atoms with van der Waals surface area (Å²) in [5.74, 6) is 0. The van der Waals surface area contributed by atoms with Gasteiger partial charge in [0.05, 0.1) is 18.5 Å². The predicted octanol–water partition coefficient (Wildman–Crippen LogP) is 0.379. The summed E-state index contributed by atoms with van der Waals surface area (Å²) in [5, 5.41) is 0. The maximum Gasteiger partial charge on any atom is 0.211 e. The second kappa shape index (κ2) is 5.65. The van der Waals surface area contributed by atoms with E-state index < -0.39 is 10.0 Å². The van der Waals surface area contributed by atoms with Gasteiger partial charge in [-0.05, 0) is 20.8 Å². The Morgan fingerprint density at radius 1 is 1.12 bits per heavy atom. The van der Waals surface area contributed by atoms with Crippen LogP contribution in [0.3, 0.4) is 0 Å². The summed E-state index contributed by atoms with van der Waals surface area (Å²) in [6.07, 6.45) is 1.27. The second-order valence-electron chi connectivity index (χ2n) is 5.46. The molecule has 0 aliphatic carbocycles. The maximum atomic E-state index is 11.3. The molecule has 1 saturated heterocycles. The molecule has 0 atom stereocenters. The topological polar surface area (TPSA) is 49.9 Å². The van der Waals surface area contributed by atoms with Gasteiger partial charge in [0.1, 0.15) is 0 Å². The van der Waals surface area contributed by atoms with Crippen molar-refractivity contribution < 1.29 is 13.2 Å². The summed E-state index contributed by atoms with van der Waals surface area (Å²) in [6, 6.07) is 0. The highest BCUT2D eigenvalue weighted by molar-refractivity contribution is 7.88. The van der Waals surface area contributed by atoms with Gasteiger partial charge >= 0.3 is 0 Å². The van der Waals surface area contributed by atoms with Gasteiger partial charge in [-0.2, -0.15) is 4.31 Å². The second-order valence-corrected chi connectivity index (χ2v) is 7.45. The molecule has 0 N–H and O–H groups in total. The fourth-order valence-electron chi connectivity index (χ4n) is 1.77. The van der Waals surface area contributed by atoms with Gasteiger partial charge in [-0.25, -0.2) is 8.42 Å². The zero-order valence-electron chi connectivity index (χ0n) is 11.3. The van der Waals surface area contributed by atoms with Crippen LogP contribution in [-0.4, -0.2) is 68.8 Å². The molecule has 102 valence electrons. The Bertz CT molecular complexity index is 327. The number of piperazine rings is 1. The smallest absolute Gasteiger partial charge is 0.211 e. The van der Waals surface area contributed by atoms with Crippen LogP contribution in [0.15, 0.2) is 0 Å². The first-order valence-electron chi connectivity index (χ1n) is 6.00. The first-order chi connectivity index (χ1) is 7.68. The van der Waals surface area contributed by atoms with Crippen molar-refractivity contribution in [2.24, 2.45) is 0 Å². The largest absolute Gasteiger partial charge is 0.375 e. The SMILES string of the molecule is CC(C)(C)OCCN1CCN(S(C)(=O)=O)CC1. The minimum Gasteiger partial charge on any atom is -0.375 e. The summed E-state index contributed by atoms with van der Waals surface area (Å²) < 4.78 is 29.8. The van der Waals surface area contributed by atoms with Crippen molar-refractivity contribution in [3.05, 3.63) is 0 Å². The van der Waals surface area contributed by atoms with Gasteiger partial charge in [0.15, 0.2) is 0 Å². The third kappa shape index (κ3) is 5.81. The Morgan fingerprint density at radius 3 is 2.06 bits per heavy atom. The molecule has 1 rings (SSSR count). The number of sulfonamides is 1. The molecule has 0 spiro atoms. The average Bonchev–Trinajstić information content (AvgIpc) is 2.15. The number of hydrogen-bond donors (Lipinski definition) is 0. The molecule has 0 aromatic carbocycles. The van der Waals surface area contributed by atoms with Crippen LogP contribution in [-0.2, 0) is 14.8 Å². The van der Waals surface area contributed by atoms with Crippen LogP contribution in [0.4, 0.5) is 0 Å². The van der Waals surface area contributed by atoms with E-state index in [-0.39, 0.29) is 5.60 Å². The van der Waals surface area contributed by atoms with E-state index in [0.717, 1.165) is 19.6 Å². The van der Waals surface area contributed by atoms with Crippen molar-refractivity contribution >= 4 is 10.0 Å². The molecule has 0 aromatic rings. The Morgan fingerprint density at radius 2 is 1.65 bits per heavy atom. The van der Waals surface area contributed by atoms with E-state index in [2.05, 4.69) is 4.90 Å². The lowest BCUT2D eigenvalue weighted by molar-refractivity contribution is -0.0156. The third-order valence-corrected chi connectivity index (χ3v) is 4.05. The van der Waals surface area contributed by atoms with Crippen LogP contribution in [0.1, 0.15) is 20.8 Å². The van der Waals surface area contributed by atoms with Crippen LogP contribution in [0, 0.1) is 0 Å². The lowest BCUT2D eigenvalue weighted by Crippen LogP contribution is -2.49. The van der Waals surface area contributed by atoms with Crippen LogP contribution < -0.4 is 0 Å². The number of ether oxygens (including phenoxy) is 1. The number of nitrogens with zero attached hydrogens (tertiary/aromatic N) is 2. The molecule has 0 unspecified atom stereocenters. The van der Waals surface area contributed by atoms with Gasteiger partial charge in [0.25, 0.3) is 0 Å². The van der Waals surface area contributed by atoms with Crippen molar-refractivity contribution in [1.82, 2.24) is 9.21 Å². The molecule has 0 amide bonds. The van der Waals surface area contributed by atoms with E-state index in [4.69, 9.17) is 4.74 Å². The van der Waals surface area contributed by atoms with Crippen molar-refractivity contribution in [3.63, 3.8) is 0 Å². The molecule has 1 heterocycles. The van der Waals surface area contributed by atoms with Crippen molar-refractivity contribution in [2.45, 2.75) is 26.4 Å². The molecule has 0 bridgehead atoms. The molecular formula is C11H24N2O3S. The minimum atomic E-state index is -3.02. The zero-order valence-corrected chi connectivity index (χ0v) is 12.1. The molecule has 5 nitrogen and oxygen atoms in total. The van der Waals surface area contributed by atoms with E-state index in [1.54, 1.807) is 0 Å². The number of hydrogen-bond acceptors (Lipinski definition) is 4. The summed E-state index contributed by atoms with van der Waals surface area (Å²) in [4.78, 5) is 2.24. The fraction of sp³-hybridized carbons (Fsp3) is 1.00. The first kappa shape index (κ1) is 14.9. The Kier molecular flexibility index (Phi) is 4.95. The van der Waals surface area contributed by atoms with Gasteiger partial charge in [-0.15, -0.1) is 0 Å². The molecule has 0 saturated carbocycles. The maximum absolute atomic E-state index is 11.3. The van der Waals surface area contributed by atoms with Crippen molar-refractivity contribution in [1.29, 1.82) is 0 Å². The van der Waals surface area contributed by atoms with Crippen LogP contribution in [0.25, 0.3) is 0 Å². The predicted molar refractivity (Wildman–Crippen MR) is 68.6 cm³/mol. The third-order valence-electron chi connectivity index (χ3n) is 2.74. The summed E-state index contributed by atoms with van der Waals surface area (Å²) in [6.45, 7) is 10.4. The summed E-state index contributed by atoms with van der Waals surface area (Å²) in [5.41, 5.74) is -0.103. The van der Waals surface area contributed by atoms with Gasteiger partial charge in [-0.3, -0.25) is 4.90 Å². The molecule has 1 aliphatic heterocycles. The van der Waals surface area contributed by atoms with Gasteiger partial charge in [-0.1, -0.05) is 0 Å². The van der Waals surface area contributed by atoms with E-state index in [1.165, 1.54) is 10.6 Å². The van der Waals surface area contributed by atoms with E-state index in [9.17, 15) is 8.42 Å². The average molecular weight is 264 g/mol. The molecule has 17 heavy (non-hydrogen) atoms. The molecule has 1 fully saturated rings. The van der Waals surface area contributed by atoms with E-state index in [1.807, 2.05) is 20.8 Å². The highest BCUT2D eigenvalue weighted by Crippen LogP contribution is 2.08. The lowest BCUT2D eigenvalue weighted by Gasteiger charge is -2.33. The first-order valence-corrected chi connectivity index (χ1v) is 7.85. The molecule has 1 aliphatic rings. The Labute approximate surface area is 105 Å². The normalized spacial score (nSPS) is 20.7. The molecule has 0 radical (unpaired) electrons. The van der Waals surface area contributed by atoms with Gasteiger partial charge in [0.2, 0.25) is 10.0 Å². The quantitative estimate of drug-likeness (QED) is 0.736. The van der Waals surface area contributed by atoms with Gasteiger partial charge < -0.3 is 4.74 Å². The number of rotatable bonds is 4. The highest BCUT2D eigenvalue weighted by atomic mass is 32.2. The monoisotopic (exact) mass is 264 g/mol. The standard InChI is InChI=1S/C11H24N2O3S/c1-11(2,3)16-10-9-12-5-7-13(8-6-12)17(4,14)15/h5-10H2,1-4H3. The Balaban J connectivity index is 2.24. The Hall–Kier alpha value is -0.170. The molecule has 0 aromatic heterocycles. The van der Waals surface area contributed by atoms with Crippen LogP contribution in [0.2, 0.25) is 0 Å². The van der Waals surface area contributed by atoms with Gasteiger partial charge in [0, 0.05) is 32.7 Å². The minimum absolute atomic E-state index is 0.103. The molecule has 6 heteroatoms. The zero-order chi connectivity index (χ0) is 13.1. The van der Waals surface area contributed by atoms with Crippen LogP contribution >= 0.6 is 0 Å². The van der Waals surface area contributed by atoms with E-state index in [0.29, 0.717) is 19.7 Å². The van der Waals surface area contributed by atoms with Crippen LogP contribution in [0.5, 0.6) is 0 Å². The highest BCUT2D eigenvalue weighted by Gasteiger charge is 2.23. The van der Waals surface area contributed by atoms with Crippen molar-refractivity contribution in [2.75, 3.05) is 45.6 Å². The summed E-state index contributed by atoms with van der Waals surface area (Å²) in [7, 11) is -3.02. The lowest BCUT2D eigenvalue weighted by atomic mass is 10.2. The fourth-order valence-corrected chi connectivity index (χ4v) is 2.59. The van der Waals surface area contributed by atoms with Crippen molar-refractivity contribution in [3.8, 4) is 0 Å². The van der Waals surface area contributed by atoms with E-state index >= 15 is 0 Å².